The molecule has 0 amide bonds. The lowest BCUT2D eigenvalue weighted by atomic mass is 10.1. The summed E-state index contributed by atoms with van der Waals surface area (Å²) in [7, 11) is 1.34. The van der Waals surface area contributed by atoms with Gasteiger partial charge in [-0.3, -0.25) is 0 Å². The van der Waals surface area contributed by atoms with Gasteiger partial charge in [-0.05, 0) is 37.6 Å². The lowest BCUT2D eigenvalue weighted by Gasteiger charge is -2.15. The van der Waals surface area contributed by atoms with Gasteiger partial charge in [-0.25, -0.2) is 4.79 Å². The first-order chi connectivity index (χ1) is 9.15. The molecule has 19 heavy (non-hydrogen) atoms. The molecule has 4 heteroatoms. The Morgan fingerprint density at radius 2 is 2.00 bits per heavy atom. The van der Waals surface area contributed by atoms with E-state index in [0.717, 1.165) is 12.1 Å². The average Bonchev–Trinajstić information content (AvgIpc) is 2.44. The van der Waals surface area contributed by atoms with Crippen LogP contribution in [-0.4, -0.2) is 25.7 Å². The predicted molar refractivity (Wildman–Crippen MR) is 76.6 cm³/mol. The highest BCUT2D eigenvalue weighted by Gasteiger charge is 2.03. The zero-order valence-corrected chi connectivity index (χ0v) is 11.9. The maximum absolute atomic E-state index is 10.9. The Labute approximate surface area is 115 Å². The highest BCUT2D eigenvalue weighted by Crippen LogP contribution is 2.17. The van der Waals surface area contributed by atoms with Crippen LogP contribution in [0.2, 0.25) is 0 Å². The molecule has 1 aromatic rings. The van der Waals surface area contributed by atoms with Crippen molar-refractivity contribution in [1.82, 2.24) is 0 Å². The number of anilines is 1. The molecule has 0 saturated carbocycles. The number of carbonyl (C=O) groups is 1. The summed E-state index contributed by atoms with van der Waals surface area (Å²) in [5.74, 6) is 0.285. The highest BCUT2D eigenvalue weighted by molar-refractivity contribution is 5.70. The number of hydrogen-bond donors (Lipinski definition) is 1. The van der Waals surface area contributed by atoms with Crippen molar-refractivity contribution in [3.05, 3.63) is 24.3 Å². The van der Waals surface area contributed by atoms with Crippen molar-refractivity contribution in [2.24, 2.45) is 0 Å². The molecule has 1 N–H and O–H groups in total. The second-order valence-electron chi connectivity index (χ2n) is 4.58. The van der Waals surface area contributed by atoms with Gasteiger partial charge in [0.1, 0.15) is 5.75 Å². The number of nitrogens with one attached hydrogen (secondary N) is 1. The molecule has 0 aliphatic carbocycles. The van der Waals surface area contributed by atoms with E-state index in [2.05, 4.69) is 23.9 Å². The summed E-state index contributed by atoms with van der Waals surface area (Å²) in [6.07, 6.45) is 3.61. The number of carbonyl (C=O) groups excluding carboxylic acids is 1. The molecular formula is C15H23NO3. The first-order valence-electron chi connectivity index (χ1n) is 6.72. The van der Waals surface area contributed by atoms with Gasteiger partial charge in [0.15, 0.2) is 6.61 Å². The first kappa shape index (κ1) is 15.3. The Hall–Kier alpha value is -1.71. The SMILES string of the molecule is CCCCC(C)Nc1ccc(OCC(=O)OC)cc1. The Morgan fingerprint density at radius 1 is 1.32 bits per heavy atom. The van der Waals surface area contributed by atoms with E-state index in [9.17, 15) is 4.79 Å². The lowest BCUT2D eigenvalue weighted by Crippen LogP contribution is -2.15. The van der Waals surface area contributed by atoms with Crippen molar-refractivity contribution >= 4 is 11.7 Å². The maximum Gasteiger partial charge on any atom is 0.343 e. The van der Waals surface area contributed by atoms with Crippen LogP contribution in [0.15, 0.2) is 24.3 Å². The summed E-state index contributed by atoms with van der Waals surface area (Å²) in [6.45, 7) is 4.31. The van der Waals surface area contributed by atoms with Crippen LogP contribution in [-0.2, 0) is 9.53 Å². The average molecular weight is 265 g/mol. The summed E-state index contributed by atoms with van der Waals surface area (Å²) in [4.78, 5) is 10.9. The zero-order chi connectivity index (χ0) is 14.1. The fourth-order valence-electron chi connectivity index (χ4n) is 1.72. The fraction of sp³-hybridized carbons (Fsp3) is 0.533. The third kappa shape index (κ3) is 6.13. The molecule has 0 aliphatic heterocycles. The van der Waals surface area contributed by atoms with E-state index in [1.807, 2.05) is 24.3 Å². The topological polar surface area (TPSA) is 47.6 Å². The number of esters is 1. The molecule has 0 fully saturated rings. The van der Waals surface area contributed by atoms with Crippen molar-refractivity contribution in [3.63, 3.8) is 0 Å². The standard InChI is InChI=1S/C15H23NO3/c1-4-5-6-12(2)16-13-7-9-14(10-8-13)19-11-15(17)18-3/h7-10,12,16H,4-6,11H2,1-3H3. The third-order valence-electron chi connectivity index (χ3n) is 2.84. The Balaban J connectivity index is 2.40. The second-order valence-corrected chi connectivity index (χ2v) is 4.58. The maximum atomic E-state index is 10.9. The Kier molecular flexibility index (Phi) is 6.79. The van der Waals surface area contributed by atoms with Gasteiger partial charge in [-0.15, -0.1) is 0 Å². The van der Waals surface area contributed by atoms with Crippen LogP contribution >= 0.6 is 0 Å². The van der Waals surface area contributed by atoms with Gasteiger partial charge in [0.05, 0.1) is 7.11 Å². The Morgan fingerprint density at radius 3 is 2.58 bits per heavy atom. The summed E-state index contributed by atoms with van der Waals surface area (Å²) in [6, 6.07) is 8.06. The number of benzene rings is 1. The van der Waals surface area contributed by atoms with Crippen molar-refractivity contribution in [1.29, 1.82) is 0 Å². The summed E-state index contributed by atoms with van der Waals surface area (Å²) in [5.41, 5.74) is 1.06. The van der Waals surface area contributed by atoms with Crippen molar-refractivity contribution in [3.8, 4) is 5.75 Å². The van der Waals surface area contributed by atoms with E-state index in [-0.39, 0.29) is 12.6 Å². The fourth-order valence-corrected chi connectivity index (χ4v) is 1.72. The molecule has 1 atom stereocenters. The predicted octanol–water partition coefficient (Wildman–Crippen LogP) is 3.23. The summed E-state index contributed by atoms with van der Waals surface area (Å²) in [5, 5.41) is 3.43. The van der Waals surface area contributed by atoms with Crippen LogP contribution in [0, 0.1) is 0 Å². The number of methoxy groups -OCH3 is 1. The van der Waals surface area contributed by atoms with Crippen molar-refractivity contribution in [2.45, 2.75) is 39.2 Å². The molecule has 106 valence electrons. The first-order valence-corrected chi connectivity index (χ1v) is 6.72. The largest absolute Gasteiger partial charge is 0.482 e. The number of unbranched alkanes of at least 4 members (excludes halogenated alkanes) is 1. The molecule has 0 radical (unpaired) electrons. The minimum Gasteiger partial charge on any atom is -0.482 e. The molecule has 0 saturated heterocycles. The van der Waals surface area contributed by atoms with Gasteiger partial charge < -0.3 is 14.8 Å². The smallest absolute Gasteiger partial charge is 0.343 e. The summed E-state index contributed by atoms with van der Waals surface area (Å²) < 4.78 is 9.79. The van der Waals surface area contributed by atoms with Crippen LogP contribution in [0.4, 0.5) is 5.69 Å². The van der Waals surface area contributed by atoms with E-state index in [0.29, 0.717) is 11.8 Å². The van der Waals surface area contributed by atoms with Gasteiger partial charge in [0, 0.05) is 11.7 Å². The van der Waals surface area contributed by atoms with Crippen LogP contribution in [0.25, 0.3) is 0 Å². The second kappa shape index (κ2) is 8.40. The molecule has 0 bridgehead atoms. The number of ether oxygens (including phenoxy) is 2. The molecule has 1 rings (SSSR count). The molecule has 0 aromatic heterocycles. The van der Waals surface area contributed by atoms with E-state index >= 15 is 0 Å². The van der Waals surface area contributed by atoms with Crippen LogP contribution in [0.5, 0.6) is 5.75 Å². The van der Waals surface area contributed by atoms with Crippen molar-refractivity contribution in [2.75, 3.05) is 19.0 Å². The van der Waals surface area contributed by atoms with Gasteiger partial charge in [0.2, 0.25) is 0 Å². The molecular weight excluding hydrogens is 242 g/mol. The molecule has 0 heterocycles. The Bertz CT molecular complexity index is 375. The van der Waals surface area contributed by atoms with Gasteiger partial charge in [-0.2, -0.15) is 0 Å². The molecule has 1 unspecified atom stereocenters. The zero-order valence-electron chi connectivity index (χ0n) is 11.9. The highest BCUT2D eigenvalue weighted by atomic mass is 16.6. The monoisotopic (exact) mass is 265 g/mol. The molecule has 1 aromatic carbocycles. The van der Waals surface area contributed by atoms with E-state index in [4.69, 9.17) is 4.74 Å². The van der Waals surface area contributed by atoms with Crippen LogP contribution < -0.4 is 10.1 Å². The molecule has 4 nitrogen and oxygen atoms in total. The van der Waals surface area contributed by atoms with Crippen LogP contribution in [0.1, 0.15) is 33.1 Å². The van der Waals surface area contributed by atoms with Gasteiger partial charge in [-0.1, -0.05) is 19.8 Å². The molecule has 0 aliphatic rings. The quantitative estimate of drug-likeness (QED) is 0.733. The number of hydrogen-bond acceptors (Lipinski definition) is 4. The summed E-state index contributed by atoms with van der Waals surface area (Å²) >= 11 is 0. The number of rotatable bonds is 8. The minimum atomic E-state index is -0.379. The van der Waals surface area contributed by atoms with Crippen LogP contribution in [0.3, 0.4) is 0 Å². The van der Waals surface area contributed by atoms with Gasteiger partial charge >= 0.3 is 5.97 Å². The third-order valence-corrected chi connectivity index (χ3v) is 2.84. The molecule has 0 spiro atoms. The van der Waals surface area contributed by atoms with E-state index in [1.54, 1.807) is 0 Å². The van der Waals surface area contributed by atoms with E-state index in [1.165, 1.54) is 20.0 Å². The van der Waals surface area contributed by atoms with E-state index < -0.39 is 0 Å². The normalized spacial score (nSPS) is 11.7. The van der Waals surface area contributed by atoms with Crippen molar-refractivity contribution < 1.29 is 14.3 Å². The van der Waals surface area contributed by atoms with Gasteiger partial charge in [0.25, 0.3) is 0 Å². The lowest BCUT2D eigenvalue weighted by molar-refractivity contribution is -0.142. The minimum absolute atomic E-state index is 0.0593.